The predicted octanol–water partition coefficient (Wildman–Crippen LogP) is 5.20. The number of aliphatic imine (C=N–C) groups is 1. The van der Waals surface area contributed by atoms with Crippen LogP contribution >= 0.6 is 11.6 Å². The third-order valence-corrected chi connectivity index (χ3v) is 8.83. The Labute approximate surface area is 247 Å². The Hall–Kier alpha value is -3.08. The molecule has 0 atom stereocenters. The summed E-state index contributed by atoms with van der Waals surface area (Å²) in [5.74, 6) is 0.410. The molecule has 0 amide bonds. The summed E-state index contributed by atoms with van der Waals surface area (Å²) >= 11 is 6.49. The summed E-state index contributed by atoms with van der Waals surface area (Å²) < 4.78 is 35.7. The van der Waals surface area contributed by atoms with Crippen molar-refractivity contribution < 1.29 is 27.4 Å². The Morgan fingerprint density at radius 3 is 2.61 bits per heavy atom. The Balaban J connectivity index is 1.59. The molecule has 4 heterocycles. The van der Waals surface area contributed by atoms with E-state index in [2.05, 4.69) is 32.7 Å². The van der Waals surface area contributed by atoms with E-state index in [-0.39, 0.29) is 18.3 Å². The van der Waals surface area contributed by atoms with Gasteiger partial charge in [-0.2, -0.15) is 0 Å². The van der Waals surface area contributed by atoms with Crippen molar-refractivity contribution in [2.75, 3.05) is 17.2 Å². The maximum atomic E-state index is 11.2. The van der Waals surface area contributed by atoms with Crippen LogP contribution in [-0.4, -0.2) is 47.0 Å². The Morgan fingerprint density at radius 1 is 1.15 bits per heavy atom. The number of nitrogens with zero attached hydrogens (tertiary/aromatic N) is 4. The van der Waals surface area contributed by atoms with Gasteiger partial charge in [0.2, 0.25) is 0 Å². The summed E-state index contributed by atoms with van der Waals surface area (Å²) in [6.07, 6.45) is 12.2. The average Bonchev–Trinajstić information content (AvgIpc) is 3.25. The molecule has 0 fully saturated rings. The van der Waals surface area contributed by atoms with E-state index in [0.29, 0.717) is 24.5 Å². The van der Waals surface area contributed by atoms with E-state index in [1.165, 1.54) is 0 Å². The number of hydrogen-bond donors (Lipinski definition) is 1. The van der Waals surface area contributed by atoms with E-state index in [9.17, 15) is 17.8 Å². The number of aliphatic carboxylic acids is 1. The van der Waals surface area contributed by atoms with Gasteiger partial charge >= 0.3 is 11.8 Å². The zero-order valence-corrected chi connectivity index (χ0v) is 25.5. The monoisotopic (exact) mass is 600 g/mol. The topological polar surface area (TPSA) is 127 Å². The van der Waals surface area contributed by atoms with Crippen molar-refractivity contribution in [3.63, 3.8) is 0 Å². The van der Waals surface area contributed by atoms with Gasteiger partial charge in [-0.15, -0.1) is 0 Å². The largest absolute Gasteiger partial charge is 0.748 e. The van der Waals surface area contributed by atoms with Crippen LogP contribution < -0.4 is 9.47 Å². The number of aryl methyl sites for hydroxylation is 1. The van der Waals surface area contributed by atoms with Crippen molar-refractivity contribution in [3.8, 4) is 0 Å². The smallest absolute Gasteiger partial charge is 0.327 e. The Bertz CT molecular complexity index is 1530. The van der Waals surface area contributed by atoms with Crippen molar-refractivity contribution in [3.05, 3.63) is 70.7 Å². The molecule has 41 heavy (non-hydrogen) atoms. The molecule has 11 heteroatoms. The van der Waals surface area contributed by atoms with Crippen molar-refractivity contribution in [2.45, 2.75) is 77.2 Å². The highest BCUT2D eigenvalue weighted by Gasteiger charge is 2.43. The molecule has 0 radical (unpaired) electrons. The summed E-state index contributed by atoms with van der Waals surface area (Å²) in [6, 6.07) is 5.86. The van der Waals surface area contributed by atoms with E-state index < -0.39 is 27.3 Å². The first-order valence-electron chi connectivity index (χ1n) is 13.8. The van der Waals surface area contributed by atoms with E-state index in [1.807, 2.05) is 52.1 Å². The Morgan fingerprint density at radius 2 is 1.90 bits per heavy atom. The third kappa shape index (κ3) is 6.88. The van der Waals surface area contributed by atoms with Gasteiger partial charge in [0.1, 0.15) is 12.0 Å². The lowest BCUT2D eigenvalue weighted by Crippen LogP contribution is -2.35. The fourth-order valence-electron chi connectivity index (χ4n) is 5.58. The second-order valence-corrected chi connectivity index (χ2v) is 13.6. The molecular formula is C30H37ClN4O5S. The SMILES string of the molecule is CC1(C)C(/C=C/C=C2/N(CCCS(=O)(=O)[O-])c3ncccc3C2(C)C)=Nc2c1cc(Cl)c[n+]2CCCCCC(=O)O. The van der Waals surface area contributed by atoms with Gasteiger partial charge in [0.15, 0.2) is 5.71 Å². The van der Waals surface area contributed by atoms with Gasteiger partial charge in [-0.05, 0) is 68.8 Å². The van der Waals surface area contributed by atoms with E-state index in [1.54, 1.807) is 6.20 Å². The van der Waals surface area contributed by atoms with Crippen LogP contribution in [0.2, 0.25) is 5.02 Å². The van der Waals surface area contributed by atoms with Crippen LogP contribution in [-0.2, 0) is 32.3 Å². The molecule has 220 valence electrons. The number of anilines is 1. The number of rotatable bonds is 12. The molecule has 0 saturated carbocycles. The first-order valence-corrected chi connectivity index (χ1v) is 15.8. The second-order valence-electron chi connectivity index (χ2n) is 11.6. The number of carbonyl (C=O) groups is 1. The summed E-state index contributed by atoms with van der Waals surface area (Å²) in [5, 5.41) is 9.51. The number of carboxylic acid groups (broad SMARTS) is 1. The Kier molecular flexibility index (Phi) is 9.06. The molecule has 0 unspecified atom stereocenters. The van der Waals surface area contributed by atoms with Crippen molar-refractivity contribution in [2.24, 2.45) is 4.99 Å². The molecule has 2 aromatic heterocycles. The van der Waals surface area contributed by atoms with E-state index >= 15 is 0 Å². The van der Waals surface area contributed by atoms with Gasteiger partial charge < -0.3 is 14.6 Å². The van der Waals surface area contributed by atoms with Crippen LogP contribution in [0, 0.1) is 0 Å². The molecular weight excluding hydrogens is 564 g/mol. The molecule has 2 aliphatic heterocycles. The van der Waals surface area contributed by atoms with Gasteiger partial charge in [-0.25, -0.2) is 18.0 Å². The first-order chi connectivity index (χ1) is 19.2. The van der Waals surface area contributed by atoms with E-state index in [0.717, 1.165) is 47.0 Å². The van der Waals surface area contributed by atoms with Crippen LogP contribution in [0.25, 0.3) is 0 Å². The third-order valence-electron chi connectivity index (χ3n) is 7.84. The minimum atomic E-state index is -4.31. The molecule has 2 aromatic rings. The van der Waals surface area contributed by atoms with Crippen molar-refractivity contribution in [1.82, 2.24) is 4.98 Å². The van der Waals surface area contributed by atoms with Crippen LogP contribution in [0.5, 0.6) is 0 Å². The predicted molar refractivity (Wildman–Crippen MR) is 159 cm³/mol. The number of fused-ring (bicyclic) bond motifs is 2. The highest BCUT2D eigenvalue weighted by molar-refractivity contribution is 7.85. The van der Waals surface area contributed by atoms with Crippen LogP contribution in [0.3, 0.4) is 0 Å². The fraction of sp³-hybridized carbons (Fsp3) is 0.467. The molecule has 0 spiro atoms. The van der Waals surface area contributed by atoms with Crippen LogP contribution in [0.15, 0.2) is 59.5 Å². The van der Waals surface area contributed by atoms with Crippen molar-refractivity contribution >= 4 is 45.0 Å². The minimum absolute atomic E-state index is 0.168. The second kappa shape index (κ2) is 12.0. The van der Waals surface area contributed by atoms with Gasteiger partial charge in [0, 0.05) is 41.6 Å². The number of carboxylic acids is 1. The molecule has 9 nitrogen and oxygen atoms in total. The van der Waals surface area contributed by atoms with Gasteiger partial charge in [-0.1, -0.05) is 37.6 Å². The van der Waals surface area contributed by atoms with Crippen molar-refractivity contribution in [1.29, 1.82) is 0 Å². The van der Waals surface area contributed by atoms with E-state index in [4.69, 9.17) is 21.7 Å². The minimum Gasteiger partial charge on any atom is -0.748 e. The normalized spacial score (nSPS) is 18.1. The zero-order chi connectivity index (χ0) is 30.0. The van der Waals surface area contributed by atoms with Gasteiger partial charge in [0.25, 0.3) is 0 Å². The highest BCUT2D eigenvalue weighted by atomic mass is 35.5. The van der Waals surface area contributed by atoms with Crippen LogP contribution in [0.4, 0.5) is 11.6 Å². The summed E-state index contributed by atoms with van der Waals surface area (Å²) in [7, 11) is -4.31. The first kappa shape index (κ1) is 30.9. The number of hydrogen-bond acceptors (Lipinski definition) is 7. The molecule has 1 N–H and O–H groups in total. The summed E-state index contributed by atoms with van der Waals surface area (Å²) in [5.41, 5.74) is 3.13. The molecule has 2 aliphatic rings. The summed E-state index contributed by atoms with van der Waals surface area (Å²) in [6.45, 7) is 9.47. The lowest BCUT2D eigenvalue weighted by Gasteiger charge is -2.26. The van der Waals surface area contributed by atoms with Gasteiger partial charge in [-0.3, -0.25) is 4.79 Å². The number of allylic oxidation sites excluding steroid dienone is 4. The molecule has 0 saturated heterocycles. The molecule has 0 bridgehead atoms. The maximum Gasteiger partial charge on any atom is 0.327 e. The quantitative estimate of drug-likeness (QED) is 0.201. The number of unbranched alkanes of at least 4 members (excludes halogenated alkanes) is 2. The molecule has 0 aromatic carbocycles. The fourth-order valence-corrected chi connectivity index (χ4v) is 6.29. The molecule has 0 aliphatic carbocycles. The zero-order valence-electron chi connectivity index (χ0n) is 23.9. The summed E-state index contributed by atoms with van der Waals surface area (Å²) in [4.78, 5) is 22.4. The number of aromatic nitrogens is 2. The van der Waals surface area contributed by atoms with Gasteiger partial charge in [0.05, 0.1) is 32.7 Å². The highest BCUT2D eigenvalue weighted by Crippen LogP contribution is 2.46. The van der Waals surface area contributed by atoms with Crippen LogP contribution in [0.1, 0.15) is 70.9 Å². The number of pyridine rings is 2. The number of halogens is 1. The standard InChI is InChI=1S/C30H37ClN4O5S/c1-29(2)23-19-21(31)20-34(16-7-5-6-14-26(36)37)28(23)33-24(29)12-8-13-25-30(3,4)22-11-9-15-32-27(22)35(25)17-10-18-41(38,39)40/h8-9,11-13,15,19-20H,5-7,10,14,16-18H2,1-4H3,(H-,36,37,38,39,40). The lowest BCUT2D eigenvalue weighted by atomic mass is 9.82. The lowest BCUT2D eigenvalue weighted by molar-refractivity contribution is -0.684. The maximum absolute atomic E-state index is 11.2. The molecule has 4 rings (SSSR count). The average molecular weight is 601 g/mol.